The molecular weight excluding hydrogens is 472 g/mol. The number of rotatable bonds is 14. The van der Waals surface area contributed by atoms with E-state index in [0.29, 0.717) is 18.5 Å². The van der Waals surface area contributed by atoms with E-state index >= 15 is 0 Å². The molecule has 0 bridgehead atoms. The molecule has 2 aromatic rings. The first-order valence-electron chi connectivity index (χ1n) is 12.4. The van der Waals surface area contributed by atoms with Crippen molar-refractivity contribution >= 4 is 21.7 Å². The summed E-state index contributed by atoms with van der Waals surface area (Å²) in [7, 11) is -3.79. The minimum atomic E-state index is -3.79. The van der Waals surface area contributed by atoms with Gasteiger partial charge in [-0.3, -0.25) is 4.31 Å². The van der Waals surface area contributed by atoms with Crippen LogP contribution in [0.3, 0.4) is 0 Å². The molecule has 0 saturated heterocycles. The van der Waals surface area contributed by atoms with Crippen LogP contribution in [0.15, 0.2) is 82.8 Å². The largest absolute Gasteiger partial charge is 0.462 e. The second kappa shape index (κ2) is 14.9. The van der Waals surface area contributed by atoms with Crippen molar-refractivity contribution in [3.63, 3.8) is 0 Å². The molecule has 7 heteroatoms. The van der Waals surface area contributed by atoms with Crippen molar-refractivity contribution in [3.05, 3.63) is 83.5 Å². The Kier molecular flexibility index (Phi) is 11.9. The van der Waals surface area contributed by atoms with E-state index in [2.05, 4.69) is 6.92 Å². The average molecular weight is 509 g/mol. The Hall–Kier alpha value is -3.37. The number of carbonyl (C=O) groups excluding carboxylic acids is 1. The Bertz CT molecular complexity index is 1180. The Morgan fingerprint density at radius 2 is 1.69 bits per heavy atom. The van der Waals surface area contributed by atoms with E-state index in [0.717, 1.165) is 36.8 Å². The number of unbranched alkanes of at least 4 members (excludes halogenated alkanes) is 3. The smallest absolute Gasteiger partial charge is 0.348 e. The number of carbonyl (C=O) groups is 1. The summed E-state index contributed by atoms with van der Waals surface area (Å²) < 4.78 is 33.4. The van der Waals surface area contributed by atoms with E-state index in [1.165, 1.54) is 4.31 Å². The number of esters is 1. The van der Waals surface area contributed by atoms with Gasteiger partial charge in [0.1, 0.15) is 11.6 Å². The van der Waals surface area contributed by atoms with Crippen LogP contribution in [0, 0.1) is 18.3 Å². The minimum absolute atomic E-state index is 0.0465. The number of ether oxygens (including phenoxy) is 1. The lowest BCUT2D eigenvalue weighted by atomic mass is 9.98. The lowest BCUT2D eigenvalue weighted by Gasteiger charge is -2.23. The zero-order valence-electron chi connectivity index (χ0n) is 21.4. The number of benzene rings is 2. The number of nitrogens with zero attached hydrogens (tertiary/aromatic N) is 2. The molecule has 0 heterocycles. The molecule has 0 unspecified atom stereocenters. The number of aryl methyl sites for hydroxylation is 1. The molecular formula is C29H36N2O4S. The number of anilines is 1. The molecule has 0 amide bonds. The Labute approximate surface area is 216 Å². The maximum Gasteiger partial charge on any atom is 0.348 e. The van der Waals surface area contributed by atoms with Gasteiger partial charge in [0, 0.05) is 0 Å². The first kappa shape index (κ1) is 28.9. The maximum atomic E-state index is 13.5. The highest BCUT2D eigenvalue weighted by Gasteiger charge is 2.24. The number of para-hydroxylation sites is 1. The lowest BCUT2D eigenvalue weighted by molar-refractivity contribution is -0.138. The summed E-state index contributed by atoms with van der Waals surface area (Å²) in [6, 6.07) is 17.7. The molecule has 2 rings (SSSR count). The van der Waals surface area contributed by atoms with E-state index in [1.54, 1.807) is 61.5 Å². The second-order valence-electron chi connectivity index (χ2n) is 8.48. The number of hydrogen-bond donors (Lipinski definition) is 0. The average Bonchev–Trinajstić information content (AvgIpc) is 2.87. The van der Waals surface area contributed by atoms with Crippen LogP contribution in [0.5, 0.6) is 0 Å². The highest BCUT2D eigenvalue weighted by Crippen LogP contribution is 2.24. The standard InChI is InChI=1S/C29H36N2O4S/c1-4-6-7-9-14-25(28(23-30)29(32)35-5-2)15-12-13-22-31(26-16-10-8-11-17-26)36(33,34)27-20-18-24(3)19-21-27/h8,10-13,16-21H,4-7,9,14-15,22H2,1-3H3/b13-12+,28-25+. The molecule has 0 saturated carbocycles. The van der Waals surface area contributed by atoms with Crippen molar-refractivity contribution in [1.29, 1.82) is 5.26 Å². The highest BCUT2D eigenvalue weighted by molar-refractivity contribution is 7.92. The number of sulfonamides is 1. The van der Waals surface area contributed by atoms with Crippen molar-refractivity contribution in [2.75, 3.05) is 17.5 Å². The van der Waals surface area contributed by atoms with Crippen LogP contribution in [0.4, 0.5) is 5.69 Å². The summed E-state index contributed by atoms with van der Waals surface area (Å²) >= 11 is 0. The molecule has 0 spiro atoms. The van der Waals surface area contributed by atoms with Gasteiger partial charge in [0.25, 0.3) is 10.0 Å². The topological polar surface area (TPSA) is 87.5 Å². The fourth-order valence-corrected chi connectivity index (χ4v) is 5.15. The summed E-state index contributed by atoms with van der Waals surface area (Å²) in [5.41, 5.74) is 2.30. The molecule has 36 heavy (non-hydrogen) atoms. The predicted molar refractivity (Wildman–Crippen MR) is 144 cm³/mol. The van der Waals surface area contributed by atoms with Crippen LogP contribution >= 0.6 is 0 Å². The number of hydrogen-bond acceptors (Lipinski definition) is 5. The first-order valence-corrected chi connectivity index (χ1v) is 13.9. The van der Waals surface area contributed by atoms with Gasteiger partial charge in [-0.05, 0) is 62.9 Å². The summed E-state index contributed by atoms with van der Waals surface area (Å²) in [5.74, 6) is -0.605. The third-order valence-corrected chi connectivity index (χ3v) is 7.54. The molecule has 6 nitrogen and oxygen atoms in total. The Morgan fingerprint density at radius 1 is 1.00 bits per heavy atom. The van der Waals surface area contributed by atoms with Gasteiger partial charge in [-0.15, -0.1) is 0 Å². The normalized spacial score (nSPS) is 12.2. The van der Waals surface area contributed by atoms with E-state index < -0.39 is 16.0 Å². The van der Waals surface area contributed by atoms with Gasteiger partial charge in [0.05, 0.1) is 23.7 Å². The van der Waals surface area contributed by atoms with Crippen LogP contribution in [0.25, 0.3) is 0 Å². The van der Waals surface area contributed by atoms with Crippen molar-refractivity contribution in [2.24, 2.45) is 0 Å². The van der Waals surface area contributed by atoms with Gasteiger partial charge in [0.2, 0.25) is 0 Å². The van der Waals surface area contributed by atoms with Gasteiger partial charge >= 0.3 is 5.97 Å². The van der Waals surface area contributed by atoms with Crippen LogP contribution in [-0.4, -0.2) is 27.5 Å². The lowest BCUT2D eigenvalue weighted by Crippen LogP contribution is -2.31. The van der Waals surface area contributed by atoms with Gasteiger partial charge in [-0.2, -0.15) is 5.26 Å². The molecule has 0 aliphatic carbocycles. The van der Waals surface area contributed by atoms with Gasteiger partial charge in [-0.1, -0.05) is 74.2 Å². The maximum absolute atomic E-state index is 13.5. The summed E-state index contributed by atoms with van der Waals surface area (Å²) in [6.07, 6.45) is 8.66. The quantitative estimate of drug-likeness (QED) is 0.0957. The Morgan fingerprint density at radius 3 is 2.31 bits per heavy atom. The molecule has 0 atom stereocenters. The van der Waals surface area contributed by atoms with Gasteiger partial charge in [-0.25, -0.2) is 13.2 Å². The summed E-state index contributed by atoms with van der Waals surface area (Å²) in [5, 5.41) is 9.62. The molecule has 192 valence electrons. The molecule has 0 aromatic heterocycles. The van der Waals surface area contributed by atoms with E-state index in [1.807, 2.05) is 25.1 Å². The first-order chi connectivity index (χ1) is 17.3. The van der Waals surface area contributed by atoms with Crippen LogP contribution in [0.1, 0.15) is 57.9 Å². The third kappa shape index (κ3) is 8.39. The third-order valence-electron chi connectivity index (χ3n) is 5.73. The van der Waals surface area contributed by atoms with Crippen LogP contribution < -0.4 is 4.31 Å². The van der Waals surface area contributed by atoms with Crippen molar-refractivity contribution in [1.82, 2.24) is 0 Å². The fraction of sp³-hybridized carbons (Fsp3) is 0.379. The minimum Gasteiger partial charge on any atom is -0.462 e. The summed E-state index contributed by atoms with van der Waals surface area (Å²) in [4.78, 5) is 12.5. The van der Waals surface area contributed by atoms with Crippen LogP contribution in [0.2, 0.25) is 0 Å². The Balaban J connectivity index is 2.29. The van der Waals surface area contributed by atoms with Crippen molar-refractivity contribution < 1.29 is 17.9 Å². The molecule has 0 N–H and O–H groups in total. The van der Waals surface area contributed by atoms with E-state index in [9.17, 15) is 18.5 Å². The second-order valence-corrected chi connectivity index (χ2v) is 10.3. The number of nitriles is 1. The SMILES string of the molecule is CCCCCC/C(C/C=C/CN(c1ccccc1)S(=O)(=O)c1ccc(C)cc1)=C(/C#N)C(=O)OCC. The zero-order chi connectivity index (χ0) is 26.4. The van der Waals surface area contributed by atoms with Gasteiger partial charge < -0.3 is 4.74 Å². The summed E-state index contributed by atoms with van der Waals surface area (Å²) in [6.45, 7) is 6.06. The van der Waals surface area contributed by atoms with Crippen LogP contribution in [-0.2, 0) is 19.6 Å². The fourth-order valence-electron chi connectivity index (χ4n) is 3.74. The molecule has 0 radical (unpaired) electrons. The molecule has 2 aromatic carbocycles. The molecule has 0 aliphatic rings. The van der Waals surface area contributed by atoms with E-state index in [4.69, 9.17) is 4.74 Å². The van der Waals surface area contributed by atoms with Crippen molar-refractivity contribution in [3.8, 4) is 6.07 Å². The monoisotopic (exact) mass is 508 g/mol. The van der Waals surface area contributed by atoms with Crippen molar-refractivity contribution in [2.45, 2.75) is 64.2 Å². The van der Waals surface area contributed by atoms with Gasteiger partial charge in [0.15, 0.2) is 0 Å². The molecule has 0 aliphatic heterocycles. The predicted octanol–water partition coefficient (Wildman–Crippen LogP) is 6.49. The number of allylic oxidation sites excluding steroid dienone is 2. The zero-order valence-corrected chi connectivity index (χ0v) is 22.3. The van der Waals surface area contributed by atoms with E-state index in [-0.39, 0.29) is 23.6 Å². The highest BCUT2D eigenvalue weighted by atomic mass is 32.2. The molecule has 0 fully saturated rings.